The van der Waals surface area contributed by atoms with E-state index in [1.165, 1.54) is 11.3 Å². The molecule has 0 bridgehead atoms. The number of halogens is 3. The van der Waals surface area contributed by atoms with Crippen molar-refractivity contribution in [2.75, 3.05) is 6.54 Å². The molecule has 0 radical (unpaired) electrons. The summed E-state index contributed by atoms with van der Waals surface area (Å²) in [6.45, 7) is 2.45. The summed E-state index contributed by atoms with van der Waals surface area (Å²) in [6.07, 6.45) is 0.736. The first-order valence-corrected chi connectivity index (χ1v) is 7.47. The number of amides is 1. The average molecular weight is 354 g/mol. The smallest absolute Gasteiger partial charge is 0.262 e. The maximum absolute atomic E-state index is 12.0. The van der Waals surface area contributed by atoms with Gasteiger partial charge in [0.05, 0.1) is 5.02 Å². The van der Waals surface area contributed by atoms with Crippen molar-refractivity contribution in [1.29, 1.82) is 0 Å². The summed E-state index contributed by atoms with van der Waals surface area (Å²) in [4.78, 5) is 12.6. The van der Waals surface area contributed by atoms with Gasteiger partial charge in [-0.05, 0) is 25.5 Å². The van der Waals surface area contributed by atoms with E-state index in [-0.39, 0.29) is 24.4 Å². The van der Waals surface area contributed by atoms with E-state index in [9.17, 15) is 4.79 Å². The summed E-state index contributed by atoms with van der Waals surface area (Å²) in [5.74, 6) is -0.164. The van der Waals surface area contributed by atoms with Crippen molar-refractivity contribution in [2.45, 2.75) is 19.4 Å². The van der Waals surface area contributed by atoms with Gasteiger partial charge in [-0.1, -0.05) is 29.3 Å². The van der Waals surface area contributed by atoms with Gasteiger partial charge >= 0.3 is 0 Å². The van der Waals surface area contributed by atoms with Crippen LogP contribution < -0.4 is 11.1 Å². The van der Waals surface area contributed by atoms with Crippen LogP contribution in [0.5, 0.6) is 0 Å². The van der Waals surface area contributed by atoms with E-state index in [1.54, 1.807) is 6.07 Å². The number of hydrogen-bond acceptors (Lipinski definition) is 3. The van der Waals surface area contributed by atoms with Gasteiger partial charge in [0, 0.05) is 27.7 Å². The second-order valence-electron chi connectivity index (χ2n) is 4.41. The van der Waals surface area contributed by atoms with E-state index in [0.717, 1.165) is 16.5 Å². The van der Waals surface area contributed by atoms with Crippen molar-refractivity contribution in [1.82, 2.24) is 5.32 Å². The van der Waals surface area contributed by atoms with Gasteiger partial charge in [0.1, 0.15) is 4.88 Å². The Bertz CT molecular complexity index is 613. The first-order valence-electron chi connectivity index (χ1n) is 5.90. The van der Waals surface area contributed by atoms with Gasteiger partial charge in [-0.2, -0.15) is 0 Å². The maximum Gasteiger partial charge on any atom is 0.262 e. The molecule has 0 aliphatic carbocycles. The van der Waals surface area contributed by atoms with Gasteiger partial charge in [0.25, 0.3) is 5.91 Å². The summed E-state index contributed by atoms with van der Waals surface area (Å²) < 4.78 is 0.912. The highest BCUT2D eigenvalue weighted by Crippen LogP contribution is 2.36. The van der Waals surface area contributed by atoms with Gasteiger partial charge in [-0.25, -0.2) is 0 Å². The van der Waals surface area contributed by atoms with Crippen LogP contribution in [0.4, 0.5) is 0 Å². The molecular formula is C13H15Cl3N2OS. The van der Waals surface area contributed by atoms with Crippen LogP contribution in [0, 0.1) is 0 Å². The summed E-state index contributed by atoms with van der Waals surface area (Å²) in [6, 6.07) is 5.47. The molecule has 2 aromatic rings. The molecule has 1 atom stereocenters. The number of benzene rings is 1. The Morgan fingerprint density at radius 2 is 2.15 bits per heavy atom. The quantitative estimate of drug-likeness (QED) is 0.869. The van der Waals surface area contributed by atoms with E-state index in [2.05, 4.69) is 5.32 Å². The zero-order chi connectivity index (χ0) is 14.0. The van der Waals surface area contributed by atoms with E-state index in [4.69, 9.17) is 28.9 Å². The molecule has 0 spiro atoms. The van der Waals surface area contributed by atoms with Crippen molar-refractivity contribution >= 4 is 62.9 Å². The third-order valence-electron chi connectivity index (χ3n) is 2.68. The topological polar surface area (TPSA) is 55.1 Å². The maximum atomic E-state index is 12.0. The Hall–Kier alpha value is -0.520. The molecule has 20 heavy (non-hydrogen) atoms. The monoisotopic (exact) mass is 352 g/mol. The first-order chi connectivity index (χ1) is 8.99. The molecule has 3 N–H and O–H groups in total. The van der Waals surface area contributed by atoms with E-state index < -0.39 is 0 Å². The fraction of sp³-hybridized carbons (Fsp3) is 0.308. The highest BCUT2D eigenvalue weighted by molar-refractivity contribution is 7.21. The normalized spacial score (nSPS) is 12.0. The van der Waals surface area contributed by atoms with Crippen LogP contribution in [0.2, 0.25) is 10.0 Å². The van der Waals surface area contributed by atoms with Crippen molar-refractivity contribution in [3.8, 4) is 0 Å². The number of thiophene rings is 1. The van der Waals surface area contributed by atoms with Crippen molar-refractivity contribution in [2.24, 2.45) is 5.73 Å². The molecule has 1 heterocycles. The molecule has 1 amide bonds. The highest BCUT2D eigenvalue weighted by atomic mass is 35.5. The summed E-state index contributed by atoms with van der Waals surface area (Å²) in [5, 5.41) is 4.79. The fourth-order valence-corrected chi connectivity index (χ4v) is 3.39. The van der Waals surface area contributed by atoms with Crippen LogP contribution in [-0.4, -0.2) is 18.5 Å². The summed E-state index contributed by atoms with van der Waals surface area (Å²) in [7, 11) is 0. The summed E-state index contributed by atoms with van der Waals surface area (Å²) >= 11 is 13.5. The Morgan fingerprint density at radius 3 is 2.80 bits per heavy atom. The summed E-state index contributed by atoms with van der Waals surface area (Å²) in [5.41, 5.74) is 5.64. The Labute approximate surface area is 137 Å². The molecule has 110 valence electrons. The van der Waals surface area contributed by atoms with Gasteiger partial charge < -0.3 is 11.1 Å². The molecule has 0 saturated carbocycles. The predicted molar refractivity (Wildman–Crippen MR) is 89.7 cm³/mol. The van der Waals surface area contributed by atoms with E-state index >= 15 is 0 Å². The third-order valence-corrected chi connectivity index (χ3v) is 4.57. The Balaban J connectivity index is 0.00000200. The lowest BCUT2D eigenvalue weighted by molar-refractivity contribution is 0.0957. The number of rotatable bonds is 4. The van der Waals surface area contributed by atoms with Gasteiger partial charge in [0.15, 0.2) is 0 Å². The zero-order valence-corrected chi connectivity index (χ0v) is 13.9. The number of nitrogens with one attached hydrogen (secondary N) is 1. The fourth-order valence-electron chi connectivity index (χ4n) is 1.68. The van der Waals surface area contributed by atoms with E-state index in [1.807, 2.05) is 19.1 Å². The van der Waals surface area contributed by atoms with E-state index in [0.29, 0.717) is 21.5 Å². The second kappa shape index (κ2) is 7.48. The molecule has 1 aromatic carbocycles. The molecule has 7 heteroatoms. The standard InChI is InChI=1S/C13H14Cl2N2OS.ClH/c1-7(16)4-5-17-13(18)12-11(15)9-3-2-8(14)6-10(9)19-12;/h2-3,6-7H,4-5,16H2,1H3,(H,17,18);1H. The number of carbonyl (C=O) groups is 1. The van der Waals surface area contributed by atoms with Crippen molar-refractivity contribution in [3.63, 3.8) is 0 Å². The highest BCUT2D eigenvalue weighted by Gasteiger charge is 2.16. The average Bonchev–Trinajstić information content (AvgIpc) is 2.65. The second-order valence-corrected chi connectivity index (χ2v) is 6.27. The minimum absolute atomic E-state index is 0. The molecule has 0 saturated heterocycles. The number of hydrogen-bond donors (Lipinski definition) is 2. The SMILES string of the molecule is CC(N)CCNC(=O)c1sc2cc(Cl)ccc2c1Cl.Cl. The molecule has 0 fully saturated rings. The number of nitrogens with two attached hydrogens (primary N) is 1. The minimum Gasteiger partial charge on any atom is -0.351 e. The Morgan fingerprint density at radius 1 is 1.45 bits per heavy atom. The first kappa shape index (κ1) is 17.5. The Kier molecular flexibility index (Phi) is 6.55. The van der Waals surface area contributed by atoms with Gasteiger partial charge in [0.2, 0.25) is 0 Å². The molecule has 1 aromatic heterocycles. The largest absolute Gasteiger partial charge is 0.351 e. The van der Waals surface area contributed by atoms with Crippen LogP contribution in [0.25, 0.3) is 10.1 Å². The lowest BCUT2D eigenvalue weighted by atomic mass is 10.2. The third kappa shape index (κ3) is 3.99. The van der Waals surface area contributed by atoms with Crippen LogP contribution >= 0.6 is 46.9 Å². The van der Waals surface area contributed by atoms with Crippen LogP contribution in [-0.2, 0) is 0 Å². The molecule has 0 aliphatic heterocycles. The molecule has 3 nitrogen and oxygen atoms in total. The van der Waals surface area contributed by atoms with Gasteiger partial charge in [-0.15, -0.1) is 23.7 Å². The lowest BCUT2D eigenvalue weighted by Crippen LogP contribution is -2.28. The van der Waals surface area contributed by atoms with Crippen LogP contribution in [0.1, 0.15) is 23.0 Å². The molecule has 0 aliphatic rings. The molecule has 2 rings (SSSR count). The van der Waals surface area contributed by atoms with Crippen LogP contribution in [0.15, 0.2) is 18.2 Å². The number of carbonyl (C=O) groups excluding carboxylic acids is 1. The van der Waals surface area contributed by atoms with Crippen molar-refractivity contribution < 1.29 is 4.79 Å². The van der Waals surface area contributed by atoms with Crippen molar-refractivity contribution in [3.05, 3.63) is 33.1 Å². The van der Waals surface area contributed by atoms with Crippen LogP contribution in [0.3, 0.4) is 0 Å². The predicted octanol–water partition coefficient (Wildman–Crippen LogP) is 4.10. The minimum atomic E-state index is -0.164. The van der Waals surface area contributed by atoms with Gasteiger partial charge in [-0.3, -0.25) is 4.79 Å². The zero-order valence-electron chi connectivity index (χ0n) is 10.8. The molecular weight excluding hydrogens is 339 g/mol. The molecule has 1 unspecified atom stereocenters. The number of fused-ring (bicyclic) bond motifs is 1. The lowest BCUT2D eigenvalue weighted by Gasteiger charge is -2.06.